The van der Waals surface area contributed by atoms with Crippen molar-refractivity contribution in [3.05, 3.63) is 108 Å². The monoisotopic (exact) mass is 343 g/mol. The number of nitrogens with one attached hydrogen (secondary N) is 1. The molecular weight excluding hydrogens is 322 g/mol. The molecule has 1 N–H and O–H groups in total. The fraction of sp³-hybridized carbons (Fsp3) is 0.174. The standard InChI is InChI=1S/C23H21NO2/c25-22-21(16-17-26-22)24-23(18-10-4-1-5-11-18,19-12-6-2-7-13-19)20-14-8-3-9-15-20/h1-15,21,24H,16-17H2/t21-/m0/s1. The molecule has 1 aliphatic heterocycles. The van der Waals surface area contributed by atoms with Crippen molar-refractivity contribution in [3.8, 4) is 0 Å². The Kier molecular flexibility index (Phi) is 4.55. The lowest BCUT2D eigenvalue weighted by molar-refractivity contribution is -0.139. The van der Waals surface area contributed by atoms with Crippen LogP contribution >= 0.6 is 0 Å². The molecule has 0 unspecified atom stereocenters. The Labute approximate surface area is 153 Å². The summed E-state index contributed by atoms with van der Waals surface area (Å²) < 4.78 is 5.22. The van der Waals surface area contributed by atoms with Crippen molar-refractivity contribution in [1.29, 1.82) is 0 Å². The first-order chi connectivity index (χ1) is 12.8. The van der Waals surface area contributed by atoms with Crippen LogP contribution in [0.15, 0.2) is 91.0 Å². The fourth-order valence-electron chi connectivity index (χ4n) is 3.70. The smallest absolute Gasteiger partial charge is 0.323 e. The van der Waals surface area contributed by atoms with E-state index in [9.17, 15) is 4.79 Å². The van der Waals surface area contributed by atoms with E-state index in [-0.39, 0.29) is 12.0 Å². The highest BCUT2D eigenvalue weighted by Crippen LogP contribution is 2.37. The first kappa shape index (κ1) is 16.6. The zero-order valence-corrected chi connectivity index (χ0v) is 14.5. The second-order valence-electron chi connectivity index (χ2n) is 6.50. The SMILES string of the molecule is O=C1OCC[C@@H]1NC(c1ccccc1)(c1ccccc1)c1ccccc1. The number of hydrogen-bond donors (Lipinski definition) is 1. The number of rotatable bonds is 5. The van der Waals surface area contributed by atoms with Gasteiger partial charge in [0, 0.05) is 6.42 Å². The van der Waals surface area contributed by atoms with E-state index in [0.717, 1.165) is 16.7 Å². The molecule has 1 fully saturated rings. The maximum absolute atomic E-state index is 12.3. The third-order valence-electron chi connectivity index (χ3n) is 4.95. The van der Waals surface area contributed by atoms with Crippen LogP contribution in [0.1, 0.15) is 23.1 Å². The van der Waals surface area contributed by atoms with Crippen LogP contribution in [-0.4, -0.2) is 18.6 Å². The average molecular weight is 343 g/mol. The highest BCUT2D eigenvalue weighted by Gasteiger charge is 2.41. The normalized spacial score (nSPS) is 17.1. The number of carbonyl (C=O) groups is 1. The number of esters is 1. The fourth-order valence-corrected chi connectivity index (χ4v) is 3.70. The first-order valence-electron chi connectivity index (χ1n) is 8.91. The Morgan fingerprint density at radius 2 is 1.15 bits per heavy atom. The van der Waals surface area contributed by atoms with Gasteiger partial charge in [-0.1, -0.05) is 91.0 Å². The molecule has 3 aromatic carbocycles. The number of cyclic esters (lactones) is 1. The molecule has 3 nitrogen and oxygen atoms in total. The van der Waals surface area contributed by atoms with Gasteiger partial charge in [-0.2, -0.15) is 0 Å². The minimum Gasteiger partial charge on any atom is -0.464 e. The van der Waals surface area contributed by atoms with E-state index < -0.39 is 5.54 Å². The third kappa shape index (κ3) is 2.91. The Morgan fingerprint density at radius 3 is 1.50 bits per heavy atom. The van der Waals surface area contributed by atoms with Gasteiger partial charge in [0.1, 0.15) is 6.04 Å². The lowest BCUT2D eigenvalue weighted by atomic mass is 9.76. The van der Waals surface area contributed by atoms with E-state index in [1.807, 2.05) is 54.6 Å². The van der Waals surface area contributed by atoms with Crippen LogP contribution in [0, 0.1) is 0 Å². The maximum atomic E-state index is 12.3. The van der Waals surface area contributed by atoms with Crippen molar-refractivity contribution in [2.24, 2.45) is 0 Å². The minimum atomic E-state index is -0.627. The third-order valence-corrected chi connectivity index (χ3v) is 4.95. The van der Waals surface area contributed by atoms with E-state index in [4.69, 9.17) is 4.74 Å². The van der Waals surface area contributed by atoms with Gasteiger partial charge >= 0.3 is 5.97 Å². The molecule has 0 aromatic heterocycles. The lowest BCUT2D eigenvalue weighted by Gasteiger charge is -2.38. The van der Waals surface area contributed by atoms with Crippen molar-refractivity contribution in [1.82, 2.24) is 5.32 Å². The molecule has 1 saturated heterocycles. The Bertz CT molecular complexity index is 766. The van der Waals surface area contributed by atoms with Crippen LogP contribution in [0.5, 0.6) is 0 Å². The van der Waals surface area contributed by atoms with Gasteiger partial charge in [-0.3, -0.25) is 10.1 Å². The van der Waals surface area contributed by atoms with Crippen LogP contribution in [0.25, 0.3) is 0 Å². The van der Waals surface area contributed by atoms with E-state index in [1.165, 1.54) is 0 Å². The zero-order chi connectivity index (χ0) is 17.8. The second-order valence-corrected chi connectivity index (χ2v) is 6.50. The molecule has 0 saturated carbocycles. The number of carbonyl (C=O) groups excluding carboxylic acids is 1. The number of hydrogen-bond acceptors (Lipinski definition) is 3. The molecule has 0 spiro atoms. The summed E-state index contributed by atoms with van der Waals surface area (Å²) in [4.78, 5) is 12.3. The largest absolute Gasteiger partial charge is 0.464 e. The summed E-state index contributed by atoms with van der Waals surface area (Å²) in [5, 5.41) is 3.65. The molecule has 0 amide bonds. The van der Waals surface area contributed by atoms with Crippen molar-refractivity contribution in [3.63, 3.8) is 0 Å². The van der Waals surface area contributed by atoms with Gasteiger partial charge in [-0.15, -0.1) is 0 Å². The average Bonchev–Trinajstić information content (AvgIpc) is 3.12. The number of benzene rings is 3. The van der Waals surface area contributed by atoms with Gasteiger partial charge in [0.15, 0.2) is 0 Å². The molecule has 0 radical (unpaired) electrons. The summed E-state index contributed by atoms with van der Waals surface area (Å²) in [6, 6.07) is 30.5. The minimum absolute atomic E-state index is 0.183. The first-order valence-corrected chi connectivity index (χ1v) is 8.91. The van der Waals surface area contributed by atoms with Gasteiger partial charge < -0.3 is 4.74 Å². The van der Waals surface area contributed by atoms with E-state index in [1.54, 1.807) is 0 Å². The molecule has 26 heavy (non-hydrogen) atoms. The molecule has 0 aliphatic carbocycles. The summed E-state index contributed by atoms with van der Waals surface area (Å²) in [5.74, 6) is -0.183. The Balaban J connectivity index is 1.95. The van der Waals surface area contributed by atoms with E-state index in [0.29, 0.717) is 13.0 Å². The van der Waals surface area contributed by atoms with Gasteiger partial charge in [0.05, 0.1) is 12.1 Å². The van der Waals surface area contributed by atoms with Gasteiger partial charge in [0.2, 0.25) is 0 Å². The predicted molar refractivity (Wildman–Crippen MR) is 102 cm³/mol. The number of ether oxygens (including phenoxy) is 1. The van der Waals surface area contributed by atoms with Crippen molar-refractivity contribution >= 4 is 5.97 Å². The quantitative estimate of drug-likeness (QED) is 0.564. The van der Waals surface area contributed by atoms with Crippen molar-refractivity contribution in [2.75, 3.05) is 6.61 Å². The van der Waals surface area contributed by atoms with Gasteiger partial charge in [0.25, 0.3) is 0 Å². The summed E-state index contributed by atoms with van der Waals surface area (Å²) in [7, 11) is 0. The molecule has 1 aliphatic rings. The summed E-state index contributed by atoms with van der Waals surface area (Å²) in [5.41, 5.74) is 2.66. The molecule has 130 valence electrons. The van der Waals surface area contributed by atoms with Crippen LogP contribution < -0.4 is 5.32 Å². The lowest BCUT2D eigenvalue weighted by Crippen LogP contribution is -2.51. The molecule has 1 atom stereocenters. The zero-order valence-electron chi connectivity index (χ0n) is 14.5. The molecule has 0 bridgehead atoms. The highest BCUT2D eigenvalue weighted by molar-refractivity contribution is 5.78. The summed E-state index contributed by atoms with van der Waals surface area (Å²) >= 11 is 0. The van der Waals surface area contributed by atoms with Gasteiger partial charge in [-0.25, -0.2) is 0 Å². The molecule has 1 heterocycles. The van der Waals surface area contributed by atoms with E-state index >= 15 is 0 Å². The van der Waals surface area contributed by atoms with Crippen LogP contribution in [0.2, 0.25) is 0 Å². The predicted octanol–water partition coefficient (Wildman–Crippen LogP) is 3.88. The van der Waals surface area contributed by atoms with Crippen LogP contribution in [-0.2, 0) is 15.1 Å². The van der Waals surface area contributed by atoms with Crippen LogP contribution in [0.4, 0.5) is 0 Å². The maximum Gasteiger partial charge on any atom is 0.323 e. The summed E-state index contributed by atoms with van der Waals surface area (Å²) in [6.45, 7) is 0.463. The van der Waals surface area contributed by atoms with E-state index in [2.05, 4.69) is 41.7 Å². The Morgan fingerprint density at radius 1 is 0.731 bits per heavy atom. The van der Waals surface area contributed by atoms with Crippen molar-refractivity contribution in [2.45, 2.75) is 18.0 Å². The van der Waals surface area contributed by atoms with Gasteiger partial charge in [-0.05, 0) is 16.7 Å². The van der Waals surface area contributed by atoms with Crippen molar-refractivity contribution < 1.29 is 9.53 Å². The molecular formula is C23H21NO2. The summed E-state index contributed by atoms with van der Waals surface area (Å²) in [6.07, 6.45) is 0.674. The van der Waals surface area contributed by atoms with Crippen LogP contribution in [0.3, 0.4) is 0 Å². The second kappa shape index (κ2) is 7.14. The topological polar surface area (TPSA) is 38.3 Å². The molecule has 3 aromatic rings. The highest BCUT2D eigenvalue weighted by atomic mass is 16.5. The Hall–Kier alpha value is -2.91. The molecule has 3 heteroatoms. The molecule has 4 rings (SSSR count).